The topological polar surface area (TPSA) is 75.6 Å². The first-order chi connectivity index (χ1) is 12.5. The van der Waals surface area contributed by atoms with Crippen LogP contribution < -0.4 is 5.32 Å². The number of aliphatic carboxylic acids is 1. The van der Waals surface area contributed by atoms with Crippen molar-refractivity contribution in [3.05, 3.63) is 34.9 Å². The second-order valence-corrected chi connectivity index (χ2v) is 7.94. The number of carboxylic acid groups (broad SMARTS) is 1. The summed E-state index contributed by atoms with van der Waals surface area (Å²) in [4.78, 5) is 23.7. The molecule has 2 fully saturated rings. The van der Waals surface area contributed by atoms with Gasteiger partial charge in [0.15, 0.2) is 0 Å². The van der Waals surface area contributed by atoms with E-state index < -0.39 is 5.97 Å². The Morgan fingerprint density at radius 2 is 1.81 bits per heavy atom. The highest BCUT2D eigenvalue weighted by molar-refractivity contribution is 6.30. The van der Waals surface area contributed by atoms with Crippen molar-refractivity contribution >= 4 is 23.5 Å². The summed E-state index contributed by atoms with van der Waals surface area (Å²) in [5.74, 6) is -1.08. The van der Waals surface area contributed by atoms with Gasteiger partial charge in [-0.15, -0.1) is 0 Å². The number of hydrogen-bond donors (Lipinski definition) is 2. The van der Waals surface area contributed by atoms with Crippen molar-refractivity contribution in [3.63, 3.8) is 0 Å². The van der Waals surface area contributed by atoms with Crippen LogP contribution in [0, 0.1) is 11.8 Å². The lowest BCUT2D eigenvalue weighted by atomic mass is 9.74. The normalized spacial score (nSPS) is 25.4. The highest BCUT2D eigenvalue weighted by Gasteiger charge is 2.36. The lowest BCUT2D eigenvalue weighted by molar-refractivity contribution is -0.144. The highest BCUT2D eigenvalue weighted by Crippen LogP contribution is 2.36. The third-order valence-electron chi connectivity index (χ3n) is 5.94. The first kappa shape index (κ1) is 19.2. The van der Waals surface area contributed by atoms with Gasteiger partial charge >= 0.3 is 5.97 Å². The van der Waals surface area contributed by atoms with E-state index in [-0.39, 0.29) is 23.2 Å². The maximum atomic E-state index is 12.6. The molecule has 3 rings (SSSR count). The summed E-state index contributed by atoms with van der Waals surface area (Å²) in [6.45, 7) is 1.91. The summed E-state index contributed by atoms with van der Waals surface area (Å²) in [5.41, 5.74) is 0.986. The zero-order valence-corrected chi connectivity index (χ0v) is 15.6. The van der Waals surface area contributed by atoms with Crippen molar-refractivity contribution in [2.45, 2.75) is 43.9 Å². The van der Waals surface area contributed by atoms with Crippen LogP contribution in [-0.2, 0) is 19.7 Å². The summed E-state index contributed by atoms with van der Waals surface area (Å²) in [7, 11) is 0. The van der Waals surface area contributed by atoms with Crippen LogP contribution in [0.25, 0.3) is 0 Å². The number of rotatable bonds is 5. The number of benzene rings is 1. The van der Waals surface area contributed by atoms with E-state index >= 15 is 0 Å². The molecule has 2 N–H and O–H groups in total. The molecule has 6 heteroatoms. The molecule has 0 radical (unpaired) electrons. The van der Waals surface area contributed by atoms with Gasteiger partial charge in [0.2, 0.25) is 5.91 Å². The molecule has 0 atom stereocenters. The van der Waals surface area contributed by atoms with Crippen molar-refractivity contribution in [1.29, 1.82) is 0 Å². The van der Waals surface area contributed by atoms with Crippen molar-refractivity contribution in [3.8, 4) is 0 Å². The van der Waals surface area contributed by atoms with E-state index in [2.05, 4.69) is 11.4 Å². The van der Waals surface area contributed by atoms with Crippen LogP contribution >= 0.6 is 11.6 Å². The lowest BCUT2D eigenvalue weighted by Crippen LogP contribution is -2.46. The summed E-state index contributed by atoms with van der Waals surface area (Å²) >= 11 is 6.18. The van der Waals surface area contributed by atoms with Gasteiger partial charge in [0.25, 0.3) is 0 Å². The molecular formula is C20H26ClNO4. The molecule has 0 bridgehead atoms. The quantitative estimate of drug-likeness (QED) is 0.822. The van der Waals surface area contributed by atoms with Gasteiger partial charge in [0.1, 0.15) is 0 Å². The minimum absolute atomic E-state index is 0.0433. The maximum absolute atomic E-state index is 12.6. The zero-order chi connectivity index (χ0) is 18.6. The van der Waals surface area contributed by atoms with Crippen LogP contribution in [0.3, 0.4) is 0 Å². The minimum Gasteiger partial charge on any atom is -0.481 e. The average Bonchev–Trinajstić information content (AvgIpc) is 2.67. The zero-order valence-electron chi connectivity index (χ0n) is 14.9. The molecule has 142 valence electrons. The third-order valence-corrected chi connectivity index (χ3v) is 6.17. The van der Waals surface area contributed by atoms with Crippen LogP contribution in [0.1, 0.15) is 44.1 Å². The van der Waals surface area contributed by atoms with Gasteiger partial charge in [-0.3, -0.25) is 9.59 Å². The molecule has 1 amide bonds. The molecule has 1 heterocycles. The Labute approximate surface area is 159 Å². The second-order valence-electron chi connectivity index (χ2n) is 7.51. The molecule has 1 aliphatic carbocycles. The smallest absolute Gasteiger partial charge is 0.306 e. The number of carbonyl (C=O) groups is 2. The Kier molecular flexibility index (Phi) is 6.20. The van der Waals surface area contributed by atoms with E-state index in [0.29, 0.717) is 50.5 Å². The number of nitrogens with one attached hydrogen (secondary N) is 1. The highest BCUT2D eigenvalue weighted by atomic mass is 35.5. The SMILES string of the molecule is O=C(O)C1CCC(C(=O)NCC2(c3cccc(Cl)c3)CCOCC2)CC1. The van der Waals surface area contributed by atoms with Gasteiger partial charge < -0.3 is 15.2 Å². The Morgan fingerprint density at radius 3 is 2.42 bits per heavy atom. The van der Waals surface area contributed by atoms with Crippen molar-refractivity contribution in [2.75, 3.05) is 19.8 Å². The van der Waals surface area contributed by atoms with Gasteiger partial charge in [-0.1, -0.05) is 23.7 Å². The van der Waals surface area contributed by atoms with E-state index in [1.807, 2.05) is 18.2 Å². The molecule has 0 unspecified atom stereocenters. The molecule has 1 saturated heterocycles. The molecule has 5 nitrogen and oxygen atoms in total. The van der Waals surface area contributed by atoms with E-state index in [9.17, 15) is 9.59 Å². The number of carboxylic acids is 1. The Balaban J connectivity index is 1.63. The van der Waals surface area contributed by atoms with E-state index in [1.54, 1.807) is 0 Å². The predicted molar refractivity (Wildman–Crippen MR) is 99.3 cm³/mol. The van der Waals surface area contributed by atoms with Gasteiger partial charge in [-0.2, -0.15) is 0 Å². The summed E-state index contributed by atoms with van der Waals surface area (Å²) in [6, 6.07) is 7.86. The maximum Gasteiger partial charge on any atom is 0.306 e. The number of carbonyl (C=O) groups excluding carboxylic acids is 1. The molecule has 1 saturated carbocycles. The van der Waals surface area contributed by atoms with Gasteiger partial charge in [-0.25, -0.2) is 0 Å². The van der Waals surface area contributed by atoms with Crippen molar-refractivity contribution in [2.24, 2.45) is 11.8 Å². The minimum atomic E-state index is -0.744. The van der Waals surface area contributed by atoms with E-state index in [0.717, 1.165) is 18.4 Å². The van der Waals surface area contributed by atoms with Crippen molar-refractivity contribution in [1.82, 2.24) is 5.32 Å². The van der Waals surface area contributed by atoms with Crippen LogP contribution in [0.5, 0.6) is 0 Å². The molecule has 26 heavy (non-hydrogen) atoms. The monoisotopic (exact) mass is 379 g/mol. The van der Waals surface area contributed by atoms with Gasteiger partial charge in [0.05, 0.1) is 5.92 Å². The van der Waals surface area contributed by atoms with Crippen LogP contribution in [0.15, 0.2) is 24.3 Å². The fraction of sp³-hybridized carbons (Fsp3) is 0.600. The molecule has 1 aromatic carbocycles. The number of ether oxygens (including phenoxy) is 1. The average molecular weight is 380 g/mol. The number of amides is 1. The standard InChI is InChI=1S/C20H26ClNO4/c21-17-3-1-2-16(12-17)20(8-10-26-11-9-20)13-22-18(23)14-4-6-15(7-5-14)19(24)25/h1-3,12,14-15H,4-11,13H2,(H,22,23)(H,24,25). The molecule has 0 aromatic heterocycles. The van der Waals surface area contributed by atoms with Crippen LogP contribution in [-0.4, -0.2) is 36.7 Å². The molecule has 0 spiro atoms. The first-order valence-corrected chi connectivity index (χ1v) is 9.72. The Bertz CT molecular complexity index is 649. The lowest BCUT2D eigenvalue weighted by Gasteiger charge is -2.38. The number of halogens is 1. The fourth-order valence-electron chi connectivity index (χ4n) is 4.15. The van der Waals surface area contributed by atoms with Crippen LogP contribution in [0.4, 0.5) is 0 Å². The van der Waals surface area contributed by atoms with Crippen molar-refractivity contribution < 1.29 is 19.4 Å². The Morgan fingerprint density at radius 1 is 1.15 bits per heavy atom. The van der Waals surface area contributed by atoms with Gasteiger partial charge in [0, 0.05) is 36.1 Å². The fourth-order valence-corrected chi connectivity index (χ4v) is 4.34. The molecule has 1 aliphatic heterocycles. The van der Waals surface area contributed by atoms with E-state index in [4.69, 9.17) is 21.4 Å². The Hall–Kier alpha value is -1.59. The molecule has 2 aliphatic rings. The van der Waals surface area contributed by atoms with Crippen LogP contribution in [0.2, 0.25) is 5.02 Å². The second kappa shape index (κ2) is 8.40. The third kappa shape index (κ3) is 4.38. The molecule has 1 aromatic rings. The summed E-state index contributed by atoms with van der Waals surface area (Å²) in [5, 5.41) is 12.9. The largest absolute Gasteiger partial charge is 0.481 e. The summed E-state index contributed by atoms with van der Waals surface area (Å²) < 4.78 is 5.53. The summed E-state index contributed by atoms with van der Waals surface area (Å²) in [6.07, 6.45) is 4.16. The number of hydrogen-bond acceptors (Lipinski definition) is 3. The first-order valence-electron chi connectivity index (χ1n) is 9.34. The predicted octanol–water partition coefficient (Wildman–Crippen LogP) is 3.40. The van der Waals surface area contributed by atoms with E-state index in [1.165, 1.54) is 0 Å². The van der Waals surface area contributed by atoms with Gasteiger partial charge in [-0.05, 0) is 56.2 Å². The molecular weight excluding hydrogens is 354 g/mol.